The minimum Gasteiger partial charge on any atom is -0.494 e. The lowest BCUT2D eigenvalue weighted by Gasteiger charge is -2.07. The van der Waals surface area contributed by atoms with E-state index in [1.165, 1.54) is 0 Å². The fourth-order valence-electron chi connectivity index (χ4n) is 1.50. The van der Waals surface area contributed by atoms with Crippen LogP contribution in [0.1, 0.15) is 12.5 Å². The molecule has 0 unspecified atom stereocenters. The number of rotatable bonds is 5. The lowest BCUT2D eigenvalue weighted by molar-refractivity contribution is 0.340. The number of benzene rings is 1. The van der Waals surface area contributed by atoms with Crippen LogP contribution < -0.4 is 10.1 Å². The molecule has 0 bridgehead atoms. The molecule has 0 saturated heterocycles. The Morgan fingerprint density at radius 3 is 2.78 bits per heavy atom. The molecule has 2 rings (SSSR count). The first-order valence-corrected chi connectivity index (χ1v) is 6.50. The highest BCUT2D eigenvalue weighted by molar-refractivity contribution is 9.10. The largest absolute Gasteiger partial charge is 0.494 e. The van der Waals surface area contributed by atoms with Gasteiger partial charge < -0.3 is 10.1 Å². The molecule has 0 atom stereocenters. The standard InChI is InChI=1S/C13H14BrN3O/c1-2-18-12-5-3-4-10(6-12)7-15-13-16-8-11(14)9-17-13/h3-6,8-9H,2,7H2,1H3,(H,15,16,17). The molecule has 0 amide bonds. The summed E-state index contributed by atoms with van der Waals surface area (Å²) in [6.45, 7) is 3.32. The Bertz CT molecular complexity index is 502. The molecule has 1 aromatic carbocycles. The minimum atomic E-state index is 0.611. The second kappa shape index (κ2) is 6.35. The topological polar surface area (TPSA) is 47.0 Å². The van der Waals surface area contributed by atoms with Gasteiger partial charge in [-0.05, 0) is 40.5 Å². The molecular formula is C13H14BrN3O. The van der Waals surface area contributed by atoms with Crippen LogP contribution in [0.3, 0.4) is 0 Å². The fraction of sp³-hybridized carbons (Fsp3) is 0.231. The number of aromatic nitrogens is 2. The molecule has 0 radical (unpaired) electrons. The summed E-state index contributed by atoms with van der Waals surface area (Å²) in [7, 11) is 0. The van der Waals surface area contributed by atoms with Crippen molar-refractivity contribution in [3.05, 3.63) is 46.7 Å². The molecule has 1 aromatic heterocycles. The van der Waals surface area contributed by atoms with Crippen LogP contribution in [0, 0.1) is 0 Å². The first-order chi connectivity index (χ1) is 8.78. The predicted octanol–water partition coefficient (Wildman–Crippen LogP) is 3.25. The zero-order valence-corrected chi connectivity index (χ0v) is 11.6. The van der Waals surface area contributed by atoms with Crippen LogP contribution in [0.15, 0.2) is 41.1 Å². The van der Waals surface area contributed by atoms with Crippen molar-refractivity contribution in [3.63, 3.8) is 0 Å². The maximum atomic E-state index is 5.45. The molecule has 0 aliphatic carbocycles. The van der Waals surface area contributed by atoms with Crippen molar-refractivity contribution < 1.29 is 4.74 Å². The summed E-state index contributed by atoms with van der Waals surface area (Å²) in [4.78, 5) is 8.30. The van der Waals surface area contributed by atoms with E-state index in [2.05, 4.69) is 31.2 Å². The number of halogens is 1. The number of hydrogen-bond acceptors (Lipinski definition) is 4. The molecule has 0 saturated carbocycles. The smallest absolute Gasteiger partial charge is 0.222 e. The van der Waals surface area contributed by atoms with Crippen LogP contribution in [0.4, 0.5) is 5.95 Å². The van der Waals surface area contributed by atoms with Gasteiger partial charge in [0, 0.05) is 18.9 Å². The number of anilines is 1. The van der Waals surface area contributed by atoms with E-state index in [0.29, 0.717) is 19.1 Å². The lowest BCUT2D eigenvalue weighted by Crippen LogP contribution is -2.03. The summed E-state index contributed by atoms with van der Waals surface area (Å²) in [5.74, 6) is 1.49. The summed E-state index contributed by atoms with van der Waals surface area (Å²) in [6, 6.07) is 7.97. The molecule has 0 aliphatic rings. The van der Waals surface area contributed by atoms with Crippen LogP contribution in [0.25, 0.3) is 0 Å². The molecule has 1 N–H and O–H groups in total. The molecule has 4 nitrogen and oxygen atoms in total. The Hall–Kier alpha value is -1.62. The van der Waals surface area contributed by atoms with Gasteiger partial charge in [-0.15, -0.1) is 0 Å². The lowest BCUT2D eigenvalue weighted by atomic mass is 10.2. The number of nitrogens with one attached hydrogen (secondary N) is 1. The zero-order chi connectivity index (χ0) is 12.8. The van der Waals surface area contributed by atoms with Gasteiger partial charge in [-0.25, -0.2) is 9.97 Å². The first kappa shape index (κ1) is 12.8. The van der Waals surface area contributed by atoms with E-state index in [1.54, 1.807) is 12.4 Å². The average Bonchev–Trinajstić information content (AvgIpc) is 2.39. The molecule has 1 heterocycles. The Labute approximate surface area is 115 Å². The van der Waals surface area contributed by atoms with E-state index in [0.717, 1.165) is 15.8 Å². The third-order valence-electron chi connectivity index (χ3n) is 2.28. The highest BCUT2D eigenvalue weighted by Gasteiger charge is 1.98. The van der Waals surface area contributed by atoms with Gasteiger partial charge in [-0.3, -0.25) is 0 Å². The normalized spacial score (nSPS) is 10.1. The van der Waals surface area contributed by atoms with Gasteiger partial charge in [0.25, 0.3) is 0 Å². The molecule has 0 aliphatic heterocycles. The fourth-order valence-corrected chi connectivity index (χ4v) is 1.70. The number of hydrogen-bond donors (Lipinski definition) is 1. The Morgan fingerprint density at radius 2 is 2.06 bits per heavy atom. The van der Waals surface area contributed by atoms with Crippen molar-refractivity contribution in [1.82, 2.24) is 9.97 Å². The SMILES string of the molecule is CCOc1cccc(CNc2ncc(Br)cn2)c1. The number of ether oxygens (including phenoxy) is 1. The maximum absolute atomic E-state index is 5.45. The average molecular weight is 308 g/mol. The van der Waals surface area contributed by atoms with Gasteiger partial charge in [-0.2, -0.15) is 0 Å². The summed E-state index contributed by atoms with van der Waals surface area (Å²) in [6.07, 6.45) is 3.43. The first-order valence-electron chi connectivity index (χ1n) is 5.71. The molecule has 0 spiro atoms. The number of nitrogens with zero attached hydrogens (tertiary/aromatic N) is 2. The van der Waals surface area contributed by atoms with Crippen molar-refractivity contribution >= 4 is 21.9 Å². The second-order valence-electron chi connectivity index (χ2n) is 3.66. The van der Waals surface area contributed by atoms with E-state index < -0.39 is 0 Å². The van der Waals surface area contributed by atoms with Crippen LogP contribution in [0.5, 0.6) is 5.75 Å². The monoisotopic (exact) mass is 307 g/mol. The van der Waals surface area contributed by atoms with E-state index in [9.17, 15) is 0 Å². The molecule has 18 heavy (non-hydrogen) atoms. The second-order valence-corrected chi connectivity index (χ2v) is 4.57. The molecule has 2 aromatic rings. The van der Waals surface area contributed by atoms with Gasteiger partial charge in [0.15, 0.2) is 0 Å². The van der Waals surface area contributed by atoms with Crippen LogP contribution in [-0.2, 0) is 6.54 Å². The third-order valence-corrected chi connectivity index (χ3v) is 2.69. The van der Waals surface area contributed by atoms with E-state index in [-0.39, 0.29) is 0 Å². The summed E-state index contributed by atoms with van der Waals surface area (Å²) >= 11 is 3.30. The highest BCUT2D eigenvalue weighted by Crippen LogP contribution is 2.14. The summed E-state index contributed by atoms with van der Waals surface area (Å²) < 4.78 is 6.32. The molecular weight excluding hydrogens is 294 g/mol. The quantitative estimate of drug-likeness (QED) is 0.921. The van der Waals surface area contributed by atoms with Crippen molar-refractivity contribution in [2.24, 2.45) is 0 Å². The Morgan fingerprint density at radius 1 is 1.28 bits per heavy atom. The Balaban J connectivity index is 1.97. The third kappa shape index (κ3) is 3.70. The minimum absolute atomic E-state index is 0.611. The van der Waals surface area contributed by atoms with Gasteiger partial charge in [0.1, 0.15) is 5.75 Å². The van der Waals surface area contributed by atoms with Gasteiger partial charge in [0.05, 0.1) is 11.1 Å². The van der Waals surface area contributed by atoms with E-state index in [1.807, 2.05) is 31.2 Å². The van der Waals surface area contributed by atoms with Gasteiger partial charge >= 0.3 is 0 Å². The molecule has 94 valence electrons. The summed E-state index contributed by atoms with van der Waals surface area (Å²) in [5.41, 5.74) is 1.13. The maximum Gasteiger partial charge on any atom is 0.222 e. The van der Waals surface area contributed by atoms with Crippen molar-refractivity contribution in [1.29, 1.82) is 0 Å². The van der Waals surface area contributed by atoms with Crippen LogP contribution in [-0.4, -0.2) is 16.6 Å². The van der Waals surface area contributed by atoms with Crippen molar-refractivity contribution in [2.45, 2.75) is 13.5 Å². The predicted molar refractivity (Wildman–Crippen MR) is 74.7 cm³/mol. The zero-order valence-electron chi connectivity index (χ0n) is 10.1. The van der Waals surface area contributed by atoms with Crippen molar-refractivity contribution in [3.8, 4) is 5.75 Å². The van der Waals surface area contributed by atoms with Gasteiger partial charge in [0.2, 0.25) is 5.95 Å². The molecule has 0 fully saturated rings. The molecule has 5 heteroatoms. The Kier molecular flexibility index (Phi) is 4.52. The van der Waals surface area contributed by atoms with E-state index in [4.69, 9.17) is 4.74 Å². The van der Waals surface area contributed by atoms with Crippen LogP contribution >= 0.6 is 15.9 Å². The highest BCUT2D eigenvalue weighted by atomic mass is 79.9. The van der Waals surface area contributed by atoms with Gasteiger partial charge in [-0.1, -0.05) is 12.1 Å². The summed E-state index contributed by atoms with van der Waals surface area (Å²) in [5, 5.41) is 3.16. The van der Waals surface area contributed by atoms with Crippen LogP contribution in [0.2, 0.25) is 0 Å². The van der Waals surface area contributed by atoms with Crippen molar-refractivity contribution in [2.75, 3.05) is 11.9 Å². The van der Waals surface area contributed by atoms with E-state index >= 15 is 0 Å².